The van der Waals surface area contributed by atoms with E-state index in [1.165, 1.54) is 0 Å². The van der Waals surface area contributed by atoms with Gasteiger partial charge in [-0.05, 0) is 37.0 Å². The molecule has 0 radical (unpaired) electrons. The van der Waals surface area contributed by atoms with Crippen LogP contribution in [-0.2, 0) is 19.9 Å². The van der Waals surface area contributed by atoms with E-state index in [-0.39, 0.29) is 28.9 Å². The summed E-state index contributed by atoms with van der Waals surface area (Å²) < 4.78 is 50.1. The van der Waals surface area contributed by atoms with Crippen LogP contribution in [0.1, 0.15) is 12.0 Å². The lowest BCUT2D eigenvalue weighted by atomic mass is 10.1. The van der Waals surface area contributed by atoms with Crippen molar-refractivity contribution >= 4 is 25.5 Å². The zero-order valence-corrected chi connectivity index (χ0v) is 14.7. The van der Waals surface area contributed by atoms with Crippen molar-refractivity contribution in [3.63, 3.8) is 0 Å². The van der Waals surface area contributed by atoms with Gasteiger partial charge in [0.1, 0.15) is 0 Å². The minimum absolute atomic E-state index is 0.0619. The van der Waals surface area contributed by atoms with Gasteiger partial charge in [0, 0.05) is 26.3 Å². The fraction of sp³-hybridized carbons (Fsp3) is 0.571. The van der Waals surface area contributed by atoms with Crippen LogP contribution >= 0.6 is 0 Å². The number of hydrogen-bond donors (Lipinski definition) is 1. The summed E-state index contributed by atoms with van der Waals surface area (Å²) >= 11 is 0. The fourth-order valence-corrected chi connectivity index (χ4v) is 5.58. The summed E-state index contributed by atoms with van der Waals surface area (Å²) in [5.74, 6) is 0.0692. The van der Waals surface area contributed by atoms with E-state index in [4.69, 9.17) is 0 Å². The van der Waals surface area contributed by atoms with Gasteiger partial charge in [0.05, 0.1) is 16.4 Å². The number of nitrogens with one attached hydrogen (secondary N) is 1. The Morgan fingerprint density at radius 2 is 2.00 bits per heavy atom. The molecule has 1 aliphatic rings. The molecule has 6 nitrogen and oxygen atoms in total. The molecule has 2 rings (SSSR count). The van der Waals surface area contributed by atoms with E-state index in [1.807, 2.05) is 25.9 Å². The Morgan fingerprint density at radius 1 is 1.32 bits per heavy atom. The number of aryl methyl sites for hydroxylation is 1. The molecule has 1 aromatic carbocycles. The Bertz CT molecular complexity index is 755. The first-order chi connectivity index (χ1) is 10.1. The fourth-order valence-electron chi connectivity index (χ4n) is 2.58. The molecule has 0 aliphatic carbocycles. The first-order valence-corrected chi connectivity index (χ1v) is 10.4. The Labute approximate surface area is 132 Å². The van der Waals surface area contributed by atoms with Crippen LogP contribution in [0.15, 0.2) is 23.1 Å². The van der Waals surface area contributed by atoms with Gasteiger partial charge in [-0.3, -0.25) is 0 Å². The predicted molar refractivity (Wildman–Crippen MR) is 87.5 cm³/mol. The molecule has 0 bridgehead atoms. The van der Waals surface area contributed by atoms with E-state index in [1.54, 1.807) is 18.2 Å². The van der Waals surface area contributed by atoms with Crippen LogP contribution in [0.2, 0.25) is 0 Å². The summed E-state index contributed by atoms with van der Waals surface area (Å²) in [6.45, 7) is 2.08. The van der Waals surface area contributed by atoms with Crippen LogP contribution in [0.4, 0.5) is 5.69 Å². The molecular weight excluding hydrogens is 324 g/mol. The molecule has 1 N–H and O–H groups in total. The first kappa shape index (κ1) is 17.2. The van der Waals surface area contributed by atoms with E-state index in [2.05, 4.69) is 4.72 Å². The molecule has 1 heterocycles. The van der Waals surface area contributed by atoms with Gasteiger partial charge in [-0.2, -0.15) is 0 Å². The second kappa shape index (κ2) is 6.17. The van der Waals surface area contributed by atoms with E-state index < -0.39 is 19.9 Å². The zero-order valence-electron chi connectivity index (χ0n) is 13.0. The van der Waals surface area contributed by atoms with E-state index in [9.17, 15) is 16.8 Å². The molecule has 1 aliphatic heterocycles. The number of rotatable bonds is 5. The quantitative estimate of drug-likeness (QED) is 0.851. The molecule has 8 heteroatoms. The highest BCUT2D eigenvalue weighted by molar-refractivity contribution is 7.91. The Kier molecular flexibility index (Phi) is 4.84. The number of sulfonamides is 1. The standard InChI is InChI=1S/C14H22N2O4S2/c1-11-4-5-13(8-14(11)16(2)3)22(19,20)15-9-12-6-7-21(17,18)10-12/h4-5,8,12,15H,6-7,9-10H2,1-3H3/t12-/m1/s1. The third-order valence-corrected chi connectivity index (χ3v) is 7.12. The molecular formula is C14H22N2O4S2. The second-order valence-electron chi connectivity index (χ2n) is 5.96. The molecule has 1 fully saturated rings. The third-order valence-electron chi connectivity index (χ3n) is 3.86. The summed E-state index contributed by atoms with van der Waals surface area (Å²) in [4.78, 5) is 2.06. The van der Waals surface area contributed by atoms with Crippen LogP contribution in [0, 0.1) is 12.8 Å². The topological polar surface area (TPSA) is 83.5 Å². The number of benzene rings is 1. The molecule has 0 amide bonds. The average molecular weight is 346 g/mol. The van der Waals surface area contributed by atoms with Crippen molar-refractivity contribution in [1.82, 2.24) is 4.72 Å². The highest BCUT2D eigenvalue weighted by atomic mass is 32.2. The molecule has 0 saturated carbocycles. The van der Waals surface area contributed by atoms with Crippen molar-refractivity contribution in [1.29, 1.82) is 0 Å². The smallest absolute Gasteiger partial charge is 0.240 e. The summed E-state index contributed by atoms with van der Waals surface area (Å²) in [6.07, 6.45) is 0.516. The number of sulfone groups is 1. The van der Waals surface area contributed by atoms with E-state index >= 15 is 0 Å². The van der Waals surface area contributed by atoms with Crippen LogP contribution in [0.5, 0.6) is 0 Å². The number of hydrogen-bond acceptors (Lipinski definition) is 5. The zero-order chi connectivity index (χ0) is 16.5. The average Bonchev–Trinajstić information content (AvgIpc) is 2.76. The van der Waals surface area contributed by atoms with Crippen LogP contribution in [0.3, 0.4) is 0 Å². The third kappa shape index (κ3) is 3.99. The maximum atomic E-state index is 12.4. The lowest BCUT2D eigenvalue weighted by Gasteiger charge is -2.17. The Balaban J connectivity index is 2.12. The van der Waals surface area contributed by atoms with Crippen molar-refractivity contribution in [2.24, 2.45) is 5.92 Å². The Morgan fingerprint density at radius 3 is 2.55 bits per heavy atom. The normalized spacial score (nSPS) is 21.0. The predicted octanol–water partition coefficient (Wildman–Crippen LogP) is 0.774. The summed E-state index contributed by atoms with van der Waals surface area (Å²) in [6, 6.07) is 4.96. The van der Waals surface area contributed by atoms with Gasteiger partial charge in [-0.1, -0.05) is 6.07 Å². The lowest BCUT2D eigenvalue weighted by Crippen LogP contribution is -2.30. The Hall–Kier alpha value is -1.12. The van der Waals surface area contributed by atoms with Gasteiger partial charge in [-0.25, -0.2) is 21.6 Å². The van der Waals surface area contributed by atoms with Gasteiger partial charge >= 0.3 is 0 Å². The molecule has 0 aromatic heterocycles. The number of nitrogens with zero attached hydrogens (tertiary/aromatic N) is 1. The van der Waals surface area contributed by atoms with Crippen molar-refractivity contribution in [3.05, 3.63) is 23.8 Å². The van der Waals surface area contributed by atoms with Gasteiger partial charge < -0.3 is 4.90 Å². The van der Waals surface area contributed by atoms with Crippen LogP contribution in [-0.4, -0.2) is 49.0 Å². The maximum absolute atomic E-state index is 12.4. The lowest BCUT2D eigenvalue weighted by molar-refractivity contribution is 0.543. The highest BCUT2D eigenvalue weighted by Crippen LogP contribution is 2.23. The molecule has 1 saturated heterocycles. The minimum Gasteiger partial charge on any atom is -0.377 e. The summed E-state index contributed by atoms with van der Waals surface area (Å²) in [7, 11) is -2.91. The summed E-state index contributed by atoms with van der Waals surface area (Å²) in [5, 5.41) is 0. The van der Waals surface area contributed by atoms with Crippen LogP contribution in [0.25, 0.3) is 0 Å². The summed E-state index contributed by atoms with van der Waals surface area (Å²) in [5.41, 5.74) is 1.83. The van der Waals surface area contributed by atoms with Crippen molar-refractivity contribution < 1.29 is 16.8 Å². The minimum atomic E-state index is -3.63. The molecule has 0 spiro atoms. The number of anilines is 1. The van der Waals surface area contributed by atoms with E-state index in [0.717, 1.165) is 11.3 Å². The van der Waals surface area contributed by atoms with Gasteiger partial charge in [0.15, 0.2) is 9.84 Å². The van der Waals surface area contributed by atoms with Gasteiger partial charge in [0.25, 0.3) is 0 Å². The van der Waals surface area contributed by atoms with Crippen molar-refractivity contribution in [2.75, 3.05) is 37.0 Å². The van der Waals surface area contributed by atoms with Crippen LogP contribution < -0.4 is 9.62 Å². The molecule has 0 unspecified atom stereocenters. The van der Waals surface area contributed by atoms with Crippen molar-refractivity contribution in [3.8, 4) is 0 Å². The monoisotopic (exact) mass is 346 g/mol. The van der Waals surface area contributed by atoms with E-state index in [0.29, 0.717) is 6.42 Å². The molecule has 124 valence electrons. The molecule has 22 heavy (non-hydrogen) atoms. The SMILES string of the molecule is Cc1ccc(S(=O)(=O)NC[C@H]2CCS(=O)(=O)C2)cc1N(C)C. The molecule has 1 atom stereocenters. The highest BCUT2D eigenvalue weighted by Gasteiger charge is 2.29. The van der Waals surface area contributed by atoms with Gasteiger partial charge in [-0.15, -0.1) is 0 Å². The maximum Gasteiger partial charge on any atom is 0.240 e. The second-order valence-corrected chi connectivity index (χ2v) is 9.96. The van der Waals surface area contributed by atoms with Gasteiger partial charge in [0.2, 0.25) is 10.0 Å². The molecule has 1 aromatic rings. The first-order valence-electron chi connectivity index (χ1n) is 7.09. The van der Waals surface area contributed by atoms with Crippen molar-refractivity contribution in [2.45, 2.75) is 18.2 Å². The largest absolute Gasteiger partial charge is 0.377 e.